The molecular formula is C13H16INO3S. The van der Waals surface area contributed by atoms with Crippen LogP contribution in [0.25, 0.3) is 0 Å². The van der Waals surface area contributed by atoms with Gasteiger partial charge in [-0.05, 0) is 40.8 Å². The normalized spacial score (nSPS) is 11.7. The molecule has 1 unspecified atom stereocenters. The van der Waals surface area contributed by atoms with Crippen LogP contribution in [0.15, 0.2) is 24.3 Å². The number of carbonyl (C=O) groups excluding carboxylic acids is 2. The highest BCUT2D eigenvalue weighted by atomic mass is 127. The SMILES string of the molecule is COC(=O)CC(C)SCC(=O)Nc1cccc(I)c1. The van der Waals surface area contributed by atoms with Gasteiger partial charge in [0.25, 0.3) is 0 Å². The highest BCUT2D eigenvalue weighted by Crippen LogP contribution is 2.16. The van der Waals surface area contributed by atoms with Gasteiger partial charge in [0.05, 0.1) is 19.3 Å². The van der Waals surface area contributed by atoms with Gasteiger partial charge in [-0.25, -0.2) is 0 Å². The summed E-state index contributed by atoms with van der Waals surface area (Å²) in [5.74, 6) is 0.00521. The van der Waals surface area contributed by atoms with Crippen LogP contribution in [0.1, 0.15) is 13.3 Å². The molecule has 0 bridgehead atoms. The Morgan fingerprint density at radius 3 is 2.84 bits per heavy atom. The van der Waals surface area contributed by atoms with Crippen LogP contribution in [-0.4, -0.2) is 30.0 Å². The van der Waals surface area contributed by atoms with Gasteiger partial charge in [-0.3, -0.25) is 9.59 Å². The van der Waals surface area contributed by atoms with E-state index in [1.165, 1.54) is 18.9 Å². The standard InChI is InChI=1S/C13H16INO3S/c1-9(6-13(17)18-2)19-8-12(16)15-11-5-3-4-10(14)7-11/h3-5,7,9H,6,8H2,1-2H3,(H,15,16). The van der Waals surface area contributed by atoms with Gasteiger partial charge < -0.3 is 10.1 Å². The van der Waals surface area contributed by atoms with E-state index in [1.807, 2.05) is 31.2 Å². The summed E-state index contributed by atoms with van der Waals surface area (Å²) >= 11 is 3.63. The Morgan fingerprint density at radius 2 is 2.21 bits per heavy atom. The van der Waals surface area contributed by atoms with Crippen molar-refractivity contribution in [2.24, 2.45) is 0 Å². The Morgan fingerprint density at radius 1 is 1.47 bits per heavy atom. The molecule has 0 aliphatic heterocycles. The molecule has 0 heterocycles. The van der Waals surface area contributed by atoms with Crippen LogP contribution in [0.4, 0.5) is 5.69 Å². The topological polar surface area (TPSA) is 55.4 Å². The summed E-state index contributed by atoms with van der Waals surface area (Å²) in [7, 11) is 1.36. The summed E-state index contributed by atoms with van der Waals surface area (Å²) in [5, 5.41) is 2.89. The van der Waals surface area contributed by atoms with E-state index in [0.29, 0.717) is 12.2 Å². The minimum absolute atomic E-state index is 0.0640. The smallest absolute Gasteiger partial charge is 0.306 e. The number of rotatable bonds is 6. The summed E-state index contributed by atoms with van der Waals surface area (Å²) in [4.78, 5) is 22.8. The molecule has 19 heavy (non-hydrogen) atoms. The van der Waals surface area contributed by atoms with E-state index in [0.717, 1.165) is 9.26 Å². The zero-order valence-electron chi connectivity index (χ0n) is 10.8. The Labute approximate surface area is 130 Å². The van der Waals surface area contributed by atoms with Gasteiger partial charge in [0, 0.05) is 14.5 Å². The molecule has 6 heteroatoms. The van der Waals surface area contributed by atoms with Gasteiger partial charge in [-0.2, -0.15) is 0 Å². The zero-order valence-corrected chi connectivity index (χ0v) is 13.8. The molecule has 0 saturated heterocycles. The molecule has 0 radical (unpaired) electrons. The van der Waals surface area contributed by atoms with Crippen molar-refractivity contribution in [1.82, 2.24) is 0 Å². The third-order valence-corrected chi connectivity index (χ3v) is 4.12. The van der Waals surface area contributed by atoms with Gasteiger partial charge in [0.2, 0.25) is 5.91 Å². The Hall–Kier alpha value is -0.760. The van der Waals surface area contributed by atoms with Gasteiger partial charge >= 0.3 is 5.97 Å². The lowest BCUT2D eigenvalue weighted by atomic mass is 10.3. The van der Waals surface area contributed by atoms with Crippen molar-refractivity contribution in [3.05, 3.63) is 27.8 Å². The zero-order chi connectivity index (χ0) is 14.3. The van der Waals surface area contributed by atoms with Crippen LogP contribution in [0.2, 0.25) is 0 Å². The molecule has 1 rings (SSSR count). The highest BCUT2D eigenvalue weighted by Gasteiger charge is 2.12. The van der Waals surface area contributed by atoms with E-state index >= 15 is 0 Å². The maximum atomic E-state index is 11.7. The second-order valence-electron chi connectivity index (χ2n) is 3.96. The first-order valence-electron chi connectivity index (χ1n) is 5.75. The maximum absolute atomic E-state index is 11.7. The number of carbonyl (C=O) groups is 2. The fourth-order valence-corrected chi connectivity index (χ4v) is 2.66. The molecule has 0 aliphatic rings. The van der Waals surface area contributed by atoms with Crippen LogP contribution in [-0.2, 0) is 14.3 Å². The lowest BCUT2D eigenvalue weighted by molar-refractivity contribution is -0.140. The fraction of sp³-hybridized carbons (Fsp3) is 0.385. The summed E-state index contributed by atoms with van der Waals surface area (Å²) in [6, 6.07) is 7.61. The molecule has 1 aromatic carbocycles. The third-order valence-electron chi connectivity index (χ3n) is 2.29. The second-order valence-corrected chi connectivity index (χ2v) is 6.63. The van der Waals surface area contributed by atoms with Crippen molar-refractivity contribution < 1.29 is 14.3 Å². The first-order chi connectivity index (χ1) is 9.01. The number of hydrogen-bond donors (Lipinski definition) is 1. The Bertz CT molecular complexity index is 453. The number of benzene rings is 1. The van der Waals surface area contributed by atoms with Crippen molar-refractivity contribution in [2.45, 2.75) is 18.6 Å². The number of anilines is 1. The number of halogens is 1. The monoisotopic (exact) mass is 393 g/mol. The molecule has 0 spiro atoms. The predicted octanol–water partition coefficient (Wildman–Crippen LogP) is 2.91. The number of methoxy groups -OCH3 is 1. The van der Waals surface area contributed by atoms with Crippen molar-refractivity contribution in [1.29, 1.82) is 0 Å². The quantitative estimate of drug-likeness (QED) is 0.597. The molecule has 104 valence electrons. The first-order valence-corrected chi connectivity index (χ1v) is 7.88. The van der Waals surface area contributed by atoms with Crippen LogP contribution in [0, 0.1) is 3.57 Å². The molecule has 0 aromatic heterocycles. The summed E-state index contributed by atoms with van der Waals surface area (Å²) < 4.78 is 5.65. The Kier molecular flexibility index (Phi) is 7.22. The van der Waals surface area contributed by atoms with Crippen LogP contribution in [0.5, 0.6) is 0 Å². The van der Waals surface area contributed by atoms with Crippen LogP contribution in [0.3, 0.4) is 0 Å². The number of nitrogens with one attached hydrogen (secondary N) is 1. The van der Waals surface area contributed by atoms with Gasteiger partial charge in [-0.1, -0.05) is 13.0 Å². The minimum atomic E-state index is -0.252. The maximum Gasteiger partial charge on any atom is 0.306 e. The van der Waals surface area contributed by atoms with Crippen molar-refractivity contribution >= 4 is 51.9 Å². The van der Waals surface area contributed by atoms with Gasteiger partial charge in [-0.15, -0.1) is 11.8 Å². The molecule has 1 atom stereocenters. The molecule has 1 aromatic rings. The number of ether oxygens (including phenoxy) is 1. The third kappa shape index (κ3) is 6.81. The Balaban J connectivity index is 2.34. The van der Waals surface area contributed by atoms with Gasteiger partial charge in [0.1, 0.15) is 0 Å². The van der Waals surface area contributed by atoms with Crippen molar-refractivity contribution in [2.75, 3.05) is 18.2 Å². The fourth-order valence-electron chi connectivity index (χ4n) is 1.36. The number of thioether (sulfide) groups is 1. The molecule has 1 N–H and O–H groups in total. The molecule has 0 aliphatic carbocycles. The van der Waals surface area contributed by atoms with Crippen molar-refractivity contribution in [3.63, 3.8) is 0 Å². The van der Waals surface area contributed by atoms with Crippen molar-refractivity contribution in [3.8, 4) is 0 Å². The molecule has 1 amide bonds. The summed E-state index contributed by atoms with van der Waals surface area (Å²) in [5.41, 5.74) is 0.790. The van der Waals surface area contributed by atoms with E-state index < -0.39 is 0 Å². The number of hydrogen-bond acceptors (Lipinski definition) is 4. The van der Waals surface area contributed by atoms with E-state index in [4.69, 9.17) is 0 Å². The van der Waals surface area contributed by atoms with E-state index in [-0.39, 0.29) is 17.1 Å². The van der Waals surface area contributed by atoms with Gasteiger partial charge in [0.15, 0.2) is 0 Å². The first kappa shape index (κ1) is 16.3. The lowest BCUT2D eigenvalue weighted by Gasteiger charge is -2.10. The number of esters is 1. The van der Waals surface area contributed by atoms with Crippen LogP contribution >= 0.6 is 34.4 Å². The van der Waals surface area contributed by atoms with E-state index in [9.17, 15) is 9.59 Å². The molecule has 0 fully saturated rings. The average molecular weight is 393 g/mol. The van der Waals surface area contributed by atoms with E-state index in [2.05, 4.69) is 32.6 Å². The summed E-state index contributed by atoms with van der Waals surface area (Å²) in [6.07, 6.45) is 0.317. The van der Waals surface area contributed by atoms with Crippen LogP contribution < -0.4 is 5.32 Å². The largest absolute Gasteiger partial charge is 0.469 e. The predicted molar refractivity (Wildman–Crippen MR) is 86.3 cm³/mol. The summed E-state index contributed by atoms with van der Waals surface area (Å²) in [6.45, 7) is 1.90. The average Bonchev–Trinajstić information content (AvgIpc) is 2.36. The second kappa shape index (κ2) is 8.42. The minimum Gasteiger partial charge on any atom is -0.469 e. The molecular weight excluding hydrogens is 377 g/mol. The molecule has 0 saturated carbocycles. The van der Waals surface area contributed by atoms with E-state index in [1.54, 1.807) is 0 Å². The highest BCUT2D eigenvalue weighted by molar-refractivity contribution is 14.1. The molecule has 4 nitrogen and oxygen atoms in total. The number of amides is 1. The lowest BCUT2D eigenvalue weighted by Crippen LogP contribution is -2.17.